The normalized spacial score (nSPS) is 12.6. The highest BCUT2D eigenvalue weighted by atomic mass is 16.3. The minimum absolute atomic E-state index is 0.280. The van der Waals surface area contributed by atoms with Crippen LogP contribution in [0.15, 0.2) is 30.5 Å². The Kier molecular flexibility index (Phi) is 4.03. The molecule has 1 aromatic heterocycles. The van der Waals surface area contributed by atoms with Crippen LogP contribution >= 0.6 is 0 Å². The SMILES string of the molecule is CCCC(CC)Nc1nccc2ccc(O)cc12. The second kappa shape index (κ2) is 5.71. The number of nitrogens with one attached hydrogen (secondary N) is 1. The molecule has 0 amide bonds. The Balaban J connectivity index is 2.34. The third-order valence-corrected chi connectivity index (χ3v) is 3.22. The monoisotopic (exact) mass is 244 g/mol. The van der Waals surface area contributed by atoms with Crippen LogP contribution in [0.3, 0.4) is 0 Å². The topological polar surface area (TPSA) is 45.2 Å². The molecule has 0 saturated carbocycles. The first kappa shape index (κ1) is 12.7. The number of fused-ring (bicyclic) bond motifs is 1. The average Bonchev–Trinajstić information content (AvgIpc) is 2.38. The molecule has 0 aliphatic heterocycles. The van der Waals surface area contributed by atoms with Crippen molar-refractivity contribution in [1.29, 1.82) is 0 Å². The molecule has 0 saturated heterocycles. The van der Waals surface area contributed by atoms with E-state index in [2.05, 4.69) is 24.1 Å². The molecule has 0 fully saturated rings. The molecular formula is C15H20N2O. The third kappa shape index (κ3) is 2.73. The van der Waals surface area contributed by atoms with E-state index in [9.17, 15) is 5.11 Å². The minimum atomic E-state index is 0.280. The van der Waals surface area contributed by atoms with Gasteiger partial charge in [0, 0.05) is 17.6 Å². The number of aromatic hydroxyl groups is 1. The van der Waals surface area contributed by atoms with E-state index in [4.69, 9.17) is 0 Å². The minimum Gasteiger partial charge on any atom is -0.508 e. The van der Waals surface area contributed by atoms with E-state index >= 15 is 0 Å². The van der Waals surface area contributed by atoms with Gasteiger partial charge in [0.1, 0.15) is 11.6 Å². The number of nitrogens with zero attached hydrogens (tertiary/aromatic N) is 1. The van der Waals surface area contributed by atoms with E-state index in [0.717, 1.165) is 35.9 Å². The number of phenols is 1. The summed E-state index contributed by atoms with van der Waals surface area (Å²) in [5, 5.41) is 15.1. The van der Waals surface area contributed by atoms with Gasteiger partial charge >= 0.3 is 0 Å². The molecule has 0 bridgehead atoms. The van der Waals surface area contributed by atoms with E-state index in [0.29, 0.717) is 6.04 Å². The van der Waals surface area contributed by atoms with Crippen molar-refractivity contribution in [2.24, 2.45) is 0 Å². The summed E-state index contributed by atoms with van der Waals surface area (Å²) < 4.78 is 0. The summed E-state index contributed by atoms with van der Waals surface area (Å²) in [6.07, 6.45) is 5.17. The maximum atomic E-state index is 9.59. The van der Waals surface area contributed by atoms with Gasteiger partial charge in [0.25, 0.3) is 0 Å². The molecule has 3 heteroatoms. The molecule has 1 aromatic carbocycles. The maximum Gasteiger partial charge on any atom is 0.134 e. The van der Waals surface area contributed by atoms with Crippen molar-refractivity contribution in [2.75, 3.05) is 5.32 Å². The fraction of sp³-hybridized carbons (Fsp3) is 0.400. The molecule has 1 unspecified atom stereocenters. The van der Waals surface area contributed by atoms with Gasteiger partial charge < -0.3 is 10.4 Å². The zero-order valence-electron chi connectivity index (χ0n) is 11.0. The summed E-state index contributed by atoms with van der Waals surface area (Å²) in [6.45, 7) is 4.36. The average molecular weight is 244 g/mol. The van der Waals surface area contributed by atoms with Gasteiger partial charge in [-0.2, -0.15) is 0 Å². The number of phenolic OH excluding ortho intramolecular Hbond substituents is 1. The van der Waals surface area contributed by atoms with Gasteiger partial charge in [-0.3, -0.25) is 0 Å². The lowest BCUT2D eigenvalue weighted by Crippen LogP contribution is -2.18. The van der Waals surface area contributed by atoms with Crippen molar-refractivity contribution in [2.45, 2.75) is 39.2 Å². The second-order valence-corrected chi connectivity index (χ2v) is 4.60. The largest absolute Gasteiger partial charge is 0.508 e. The molecule has 0 radical (unpaired) electrons. The number of rotatable bonds is 5. The lowest BCUT2D eigenvalue weighted by Gasteiger charge is -2.18. The smallest absolute Gasteiger partial charge is 0.134 e. The highest BCUT2D eigenvalue weighted by molar-refractivity contribution is 5.92. The number of anilines is 1. The molecule has 0 aliphatic carbocycles. The zero-order chi connectivity index (χ0) is 13.0. The van der Waals surface area contributed by atoms with Crippen LogP contribution in [0, 0.1) is 0 Å². The molecule has 18 heavy (non-hydrogen) atoms. The van der Waals surface area contributed by atoms with Gasteiger partial charge in [-0.25, -0.2) is 4.98 Å². The van der Waals surface area contributed by atoms with Gasteiger partial charge in [0.05, 0.1) is 0 Å². The molecule has 1 heterocycles. The highest BCUT2D eigenvalue weighted by Crippen LogP contribution is 2.26. The fourth-order valence-electron chi connectivity index (χ4n) is 2.19. The Morgan fingerprint density at radius 3 is 2.83 bits per heavy atom. The molecule has 0 aliphatic rings. The number of aromatic nitrogens is 1. The molecule has 2 aromatic rings. The van der Waals surface area contributed by atoms with Crippen molar-refractivity contribution >= 4 is 16.6 Å². The summed E-state index contributed by atoms with van der Waals surface area (Å²) in [7, 11) is 0. The summed E-state index contributed by atoms with van der Waals surface area (Å²) in [4.78, 5) is 4.40. The van der Waals surface area contributed by atoms with E-state index in [1.54, 1.807) is 18.3 Å². The Bertz CT molecular complexity index is 525. The van der Waals surface area contributed by atoms with Crippen molar-refractivity contribution in [3.63, 3.8) is 0 Å². The molecule has 0 spiro atoms. The molecule has 2 N–H and O–H groups in total. The van der Waals surface area contributed by atoms with Crippen molar-refractivity contribution < 1.29 is 5.11 Å². The highest BCUT2D eigenvalue weighted by Gasteiger charge is 2.08. The van der Waals surface area contributed by atoms with Crippen LogP contribution in [-0.2, 0) is 0 Å². The van der Waals surface area contributed by atoms with E-state index in [1.807, 2.05) is 12.1 Å². The Hall–Kier alpha value is -1.77. The standard InChI is InChI=1S/C15H20N2O/c1-3-5-12(4-2)17-15-14-10-13(18)7-6-11(14)8-9-16-15/h6-10,12,18H,3-5H2,1-2H3,(H,16,17). The number of benzene rings is 1. The van der Waals surface area contributed by atoms with Crippen LogP contribution in [0.5, 0.6) is 5.75 Å². The quantitative estimate of drug-likeness (QED) is 0.837. The summed E-state index contributed by atoms with van der Waals surface area (Å²) >= 11 is 0. The molecular weight excluding hydrogens is 224 g/mol. The van der Waals surface area contributed by atoms with Crippen molar-refractivity contribution in [3.05, 3.63) is 30.5 Å². The van der Waals surface area contributed by atoms with Crippen LogP contribution in [0.4, 0.5) is 5.82 Å². The summed E-state index contributed by atoms with van der Waals surface area (Å²) in [5.41, 5.74) is 0. The summed E-state index contributed by atoms with van der Waals surface area (Å²) in [5.74, 6) is 1.14. The lowest BCUT2D eigenvalue weighted by molar-refractivity contribution is 0.476. The van der Waals surface area contributed by atoms with Crippen LogP contribution in [0.1, 0.15) is 33.1 Å². The number of hydrogen-bond donors (Lipinski definition) is 2. The summed E-state index contributed by atoms with van der Waals surface area (Å²) in [6, 6.07) is 7.79. The number of pyridine rings is 1. The first-order valence-corrected chi connectivity index (χ1v) is 6.58. The van der Waals surface area contributed by atoms with Gasteiger partial charge in [-0.15, -0.1) is 0 Å². The maximum absolute atomic E-state index is 9.59. The van der Waals surface area contributed by atoms with Crippen LogP contribution in [0.25, 0.3) is 10.8 Å². The third-order valence-electron chi connectivity index (χ3n) is 3.22. The zero-order valence-corrected chi connectivity index (χ0v) is 11.0. The van der Waals surface area contributed by atoms with Crippen molar-refractivity contribution in [1.82, 2.24) is 4.98 Å². The van der Waals surface area contributed by atoms with E-state index in [-0.39, 0.29) is 5.75 Å². The van der Waals surface area contributed by atoms with Crippen LogP contribution in [0.2, 0.25) is 0 Å². The fourth-order valence-corrected chi connectivity index (χ4v) is 2.19. The first-order valence-electron chi connectivity index (χ1n) is 6.58. The van der Waals surface area contributed by atoms with Crippen LogP contribution in [-0.4, -0.2) is 16.1 Å². The predicted octanol–water partition coefficient (Wildman–Crippen LogP) is 3.93. The Morgan fingerprint density at radius 1 is 1.28 bits per heavy atom. The van der Waals surface area contributed by atoms with Gasteiger partial charge in [-0.1, -0.05) is 26.3 Å². The van der Waals surface area contributed by atoms with Crippen LogP contribution < -0.4 is 5.32 Å². The second-order valence-electron chi connectivity index (χ2n) is 4.60. The molecule has 1 atom stereocenters. The van der Waals surface area contributed by atoms with E-state index < -0.39 is 0 Å². The molecule has 96 valence electrons. The van der Waals surface area contributed by atoms with E-state index in [1.165, 1.54) is 0 Å². The molecule has 3 nitrogen and oxygen atoms in total. The number of hydrogen-bond acceptors (Lipinski definition) is 3. The van der Waals surface area contributed by atoms with Gasteiger partial charge in [-0.05, 0) is 36.4 Å². The molecule has 2 rings (SSSR count). The first-order chi connectivity index (χ1) is 8.74. The van der Waals surface area contributed by atoms with Gasteiger partial charge in [0.2, 0.25) is 0 Å². The predicted molar refractivity (Wildman–Crippen MR) is 76.0 cm³/mol. The van der Waals surface area contributed by atoms with Crippen molar-refractivity contribution in [3.8, 4) is 5.75 Å². The van der Waals surface area contributed by atoms with Gasteiger partial charge in [0.15, 0.2) is 0 Å². The Morgan fingerprint density at radius 2 is 2.11 bits per heavy atom. The lowest BCUT2D eigenvalue weighted by atomic mass is 10.1. The Labute approximate surface area is 108 Å².